The number of aromatic nitrogens is 3. The average Bonchev–Trinajstić information content (AvgIpc) is 3.26. The van der Waals surface area contributed by atoms with Crippen LogP contribution >= 0.6 is 11.6 Å². The Balaban J connectivity index is 1.65. The molecule has 2 aromatic carbocycles. The van der Waals surface area contributed by atoms with E-state index in [0.29, 0.717) is 35.8 Å². The normalized spacial score (nSPS) is 13.4. The summed E-state index contributed by atoms with van der Waals surface area (Å²) < 4.78 is 6.92. The van der Waals surface area contributed by atoms with Gasteiger partial charge in [0.25, 0.3) is 11.5 Å². The van der Waals surface area contributed by atoms with Crippen molar-refractivity contribution in [3.8, 4) is 22.9 Å². The van der Waals surface area contributed by atoms with E-state index in [1.54, 1.807) is 17.9 Å². The Labute approximate surface area is 181 Å². The minimum Gasteiger partial charge on any atom is -0.507 e. The van der Waals surface area contributed by atoms with Gasteiger partial charge in [-0.3, -0.25) is 14.6 Å². The molecule has 1 amide bonds. The van der Waals surface area contributed by atoms with Crippen LogP contribution in [0.2, 0.25) is 5.02 Å². The van der Waals surface area contributed by atoms with Gasteiger partial charge < -0.3 is 14.7 Å². The number of benzene rings is 2. The van der Waals surface area contributed by atoms with E-state index in [4.69, 9.17) is 16.3 Å². The molecule has 2 N–H and O–H groups in total. The lowest BCUT2D eigenvalue weighted by atomic mass is 10.1. The summed E-state index contributed by atoms with van der Waals surface area (Å²) in [6, 6.07) is 7.53. The van der Waals surface area contributed by atoms with Crippen LogP contribution in [0.1, 0.15) is 28.8 Å². The molecule has 31 heavy (non-hydrogen) atoms. The zero-order chi connectivity index (χ0) is 22.1. The second-order valence-corrected chi connectivity index (χ2v) is 7.61. The quantitative estimate of drug-likeness (QED) is 0.641. The number of phenolic OH excluding ortho intramolecular Hbond substituents is 1. The standard InChI is InChI=1S/C21H19ClN4O5/c1-12-8-13(26-21(30)24-18(28)11-23-26)9-16(22)19(12)31-14-4-5-17(27)15(10-14)20(29)25-6-2-3-7-25/h4-5,8-11,27H,2-3,6-7H2,1H3,(H,24,28,30). The van der Waals surface area contributed by atoms with Gasteiger partial charge in [-0.2, -0.15) is 9.78 Å². The second kappa shape index (κ2) is 8.27. The van der Waals surface area contributed by atoms with Crippen LogP contribution in [0.25, 0.3) is 5.69 Å². The molecule has 3 aromatic rings. The van der Waals surface area contributed by atoms with Gasteiger partial charge in [-0.05, 0) is 55.7 Å². The number of carbonyl (C=O) groups is 1. The van der Waals surface area contributed by atoms with Gasteiger partial charge in [0.15, 0.2) is 0 Å². The smallest absolute Gasteiger partial charge is 0.349 e. The van der Waals surface area contributed by atoms with Crippen LogP contribution in [0, 0.1) is 6.92 Å². The summed E-state index contributed by atoms with van der Waals surface area (Å²) in [6.07, 6.45) is 2.87. The van der Waals surface area contributed by atoms with Crippen LogP contribution in [-0.2, 0) is 0 Å². The third-order valence-electron chi connectivity index (χ3n) is 4.98. The molecule has 1 aromatic heterocycles. The Kier molecular flexibility index (Phi) is 5.51. The van der Waals surface area contributed by atoms with E-state index < -0.39 is 11.2 Å². The predicted molar refractivity (Wildman–Crippen MR) is 114 cm³/mol. The highest BCUT2D eigenvalue weighted by Crippen LogP contribution is 2.36. The van der Waals surface area contributed by atoms with Gasteiger partial charge in [0, 0.05) is 13.1 Å². The van der Waals surface area contributed by atoms with E-state index in [2.05, 4.69) is 10.1 Å². The Morgan fingerprint density at radius 2 is 1.94 bits per heavy atom. The molecule has 1 saturated heterocycles. The molecule has 1 fully saturated rings. The first kappa shape index (κ1) is 20.7. The number of aryl methyl sites for hydroxylation is 1. The second-order valence-electron chi connectivity index (χ2n) is 7.20. The maximum Gasteiger partial charge on any atom is 0.349 e. The number of nitrogens with zero attached hydrogens (tertiary/aromatic N) is 3. The van der Waals surface area contributed by atoms with Crippen molar-refractivity contribution in [2.24, 2.45) is 0 Å². The highest BCUT2D eigenvalue weighted by atomic mass is 35.5. The van der Waals surface area contributed by atoms with E-state index in [1.807, 2.05) is 0 Å². The Morgan fingerprint density at radius 3 is 2.61 bits per heavy atom. The van der Waals surface area contributed by atoms with Crippen molar-refractivity contribution in [2.75, 3.05) is 13.1 Å². The highest BCUT2D eigenvalue weighted by Gasteiger charge is 2.23. The number of nitrogens with one attached hydrogen (secondary N) is 1. The lowest BCUT2D eigenvalue weighted by molar-refractivity contribution is 0.0789. The van der Waals surface area contributed by atoms with Crippen molar-refractivity contribution in [1.82, 2.24) is 19.7 Å². The summed E-state index contributed by atoms with van der Waals surface area (Å²) >= 11 is 6.39. The van der Waals surface area contributed by atoms with E-state index in [1.165, 1.54) is 24.3 Å². The van der Waals surface area contributed by atoms with E-state index in [-0.39, 0.29) is 22.2 Å². The first-order valence-corrected chi connectivity index (χ1v) is 10.0. The van der Waals surface area contributed by atoms with Crippen LogP contribution in [0.15, 0.2) is 46.1 Å². The Hall–Kier alpha value is -3.59. The molecule has 2 heterocycles. The van der Waals surface area contributed by atoms with Gasteiger partial charge in [0.1, 0.15) is 23.4 Å². The number of phenols is 1. The first-order valence-electron chi connectivity index (χ1n) is 9.63. The maximum absolute atomic E-state index is 12.7. The minimum atomic E-state index is -0.694. The average molecular weight is 443 g/mol. The van der Waals surface area contributed by atoms with Crippen LogP contribution in [-0.4, -0.2) is 43.8 Å². The number of rotatable bonds is 4. The molecule has 0 saturated carbocycles. The zero-order valence-corrected chi connectivity index (χ0v) is 17.3. The molecule has 0 atom stereocenters. The van der Waals surface area contributed by atoms with E-state index in [0.717, 1.165) is 23.7 Å². The third kappa shape index (κ3) is 4.17. The number of hydrogen-bond acceptors (Lipinski definition) is 6. The van der Waals surface area contributed by atoms with Crippen molar-refractivity contribution in [3.63, 3.8) is 0 Å². The molecular formula is C21H19ClN4O5. The van der Waals surface area contributed by atoms with Crippen molar-refractivity contribution in [1.29, 1.82) is 0 Å². The number of halogens is 1. The number of carbonyl (C=O) groups excluding carboxylic acids is 1. The van der Waals surface area contributed by atoms with Crippen molar-refractivity contribution >= 4 is 17.5 Å². The molecule has 0 spiro atoms. The summed E-state index contributed by atoms with van der Waals surface area (Å²) in [7, 11) is 0. The zero-order valence-electron chi connectivity index (χ0n) is 16.6. The minimum absolute atomic E-state index is 0.120. The van der Waals surface area contributed by atoms with Crippen LogP contribution in [0.4, 0.5) is 0 Å². The SMILES string of the molecule is Cc1cc(-n2ncc(=O)[nH]c2=O)cc(Cl)c1Oc1ccc(O)c(C(=O)N2CCCC2)c1. The van der Waals surface area contributed by atoms with Gasteiger partial charge in [0.2, 0.25) is 0 Å². The van der Waals surface area contributed by atoms with Gasteiger partial charge in [0.05, 0.1) is 16.3 Å². The van der Waals surface area contributed by atoms with Crippen molar-refractivity contribution < 1.29 is 14.6 Å². The molecule has 1 aliphatic heterocycles. The predicted octanol–water partition coefficient (Wildman–Crippen LogP) is 2.62. The molecule has 0 bridgehead atoms. The van der Waals surface area contributed by atoms with Crippen LogP contribution < -0.4 is 16.0 Å². The summed E-state index contributed by atoms with van der Waals surface area (Å²) in [5.74, 6) is 0.290. The van der Waals surface area contributed by atoms with Gasteiger partial charge >= 0.3 is 5.69 Å². The largest absolute Gasteiger partial charge is 0.507 e. The Morgan fingerprint density at radius 1 is 1.19 bits per heavy atom. The number of hydrogen-bond donors (Lipinski definition) is 2. The molecule has 160 valence electrons. The lowest BCUT2D eigenvalue weighted by Gasteiger charge is -2.17. The monoisotopic (exact) mass is 442 g/mol. The molecule has 9 nitrogen and oxygen atoms in total. The molecule has 0 aliphatic carbocycles. The van der Waals surface area contributed by atoms with Crippen LogP contribution in [0.3, 0.4) is 0 Å². The third-order valence-corrected chi connectivity index (χ3v) is 5.26. The van der Waals surface area contributed by atoms with Crippen molar-refractivity contribution in [3.05, 3.63) is 73.5 Å². The topological polar surface area (TPSA) is 118 Å². The summed E-state index contributed by atoms with van der Waals surface area (Å²) in [4.78, 5) is 39.7. The van der Waals surface area contributed by atoms with Gasteiger partial charge in [-0.25, -0.2) is 4.79 Å². The fourth-order valence-corrected chi connectivity index (χ4v) is 3.76. The fourth-order valence-electron chi connectivity index (χ4n) is 3.46. The molecule has 0 unspecified atom stereocenters. The van der Waals surface area contributed by atoms with Gasteiger partial charge in [-0.15, -0.1) is 0 Å². The molecular weight excluding hydrogens is 424 g/mol. The number of aromatic amines is 1. The number of aromatic hydroxyl groups is 1. The number of likely N-dealkylation sites (tertiary alicyclic amines) is 1. The number of H-pyrrole nitrogens is 1. The summed E-state index contributed by atoms with van der Waals surface area (Å²) in [6.45, 7) is 3.06. The highest BCUT2D eigenvalue weighted by molar-refractivity contribution is 6.32. The molecule has 0 radical (unpaired) electrons. The summed E-state index contributed by atoms with van der Waals surface area (Å²) in [5, 5.41) is 14.2. The van der Waals surface area contributed by atoms with E-state index in [9.17, 15) is 19.5 Å². The van der Waals surface area contributed by atoms with E-state index >= 15 is 0 Å². The molecule has 10 heteroatoms. The van der Waals surface area contributed by atoms with Crippen molar-refractivity contribution in [2.45, 2.75) is 19.8 Å². The van der Waals surface area contributed by atoms with Crippen LogP contribution in [0.5, 0.6) is 17.2 Å². The Bertz CT molecular complexity index is 1250. The van der Waals surface area contributed by atoms with Gasteiger partial charge in [-0.1, -0.05) is 11.6 Å². The molecule has 1 aliphatic rings. The lowest BCUT2D eigenvalue weighted by Crippen LogP contribution is -2.30. The number of ether oxygens (including phenoxy) is 1. The number of amides is 1. The molecule has 4 rings (SSSR count). The maximum atomic E-state index is 12.7. The fraction of sp³-hybridized carbons (Fsp3) is 0.238. The summed E-state index contributed by atoms with van der Waals surface area (Å²) in [5.41, 5.74) is -0.181. The first-order chi connectivity index (χ1) is 14.8.